The molecule has 1 amide bonds. The van der Waals surface area contributed by atoms with Gasteiger partial charge in [-0.05, 0) is 24.3 Å². The topological polar surface area (TPSA) is 95.9 Å². The molecular formula is C14H19NO5S. The van der Waals surface area contributed by atoms with Crippen LogP contribution in [-0.2, 0) is 4.74 Å². The Morgan fingerprint density at radius 1 is 1.33 bits per heavy atom. The van der Waals surface area contributed by atoms with E-state index in [4.69, 9.17) is 9.84 Å². The highest BCUT2D eigenvalue weighted by molar-refractivity contribution is 7.99. The van der Waals surface area contributed by atoms with E-state index in [1.807, 2.05) is 0 Å². The van der Waals surface area contributed by atoms with Gasteiger partial charge in [0.05, 0.1) is 5.69 Å². The molecule has 0 saturated carbocycles. The molecule has 116 valence electrons. The number of unbranched alkanes of at least 4 members (excludes halogenated alkanes) is 1. The van der Waals surface area contributed by atoms with Crippen LogP contribution >= 0.6 is 11.8 Å². The molecule has 6 nitrogen and oxygen atoms in total. The molecule has 0 unspecified atom stereocenters. The lowest BCUT2D eigenvalue weighted by molar-refractivity contribution is 0.0693. The summed E-state index contributed by atoms with van der Waals surface area (Å²) in [6.07, 6.45) is 1.55. The molecule has 1 aromatic rings. The second-order valence-corrected chi connectivity index (χ2v) is 5.46. The maximum Gasteiger partial charge on any atom is 0.411 e. The lowest BCUT2D eigenvalue weighted by atomic mass is 10.2. The van der Waals surface area contributed by atoms with Crippen molar-refractivity contribution in [1.82, 2.24) is 0 Å². The number of para-hydroxylation sites is 1. The number of hydrogen-bond donors (Lipinski definition) is 3. The lowest BCUT2D eigenvalue weighted by Gasteiger charge is -2.09. The lowest BCUT2D eigenvalue weighted by Crippen LogP contribution is -2.16. The van der Waals surface area contributed by atoms with Gasteiger partial charge in [-0.15, -0.1) is 0 Å². The smallest absolute Gasteiger partial charge is 0.411 e. The first-order valence-corrected chi connectivity index (χ1v) is 7.78. The van der Waals surface area contributed by atoms with Gasteiger partial charge in [-0.1, -0.05) is 19.4 Å². The molecule has 0 aromatic heterocycles. The molecule has 0 spiro atoms. The second kappa shape index (κ2) is 9.12. The fourth-order valence-corrected chi connectivity index (χ4v) is 2.40. The van der Waals surface area contributed by atoms with Gasteiger partial charge in [0.25, 0.3) is 0 Å². The number of nitrogens with one attached hydrogen (secondary N) is 1. The largest absolute Gasteiger partial charge is 0.505 e. The van der Waals surface area contributed by atoms with E-state index in [0.717, 1.165) is 18.6 Å². The fourth-order valence-electron chi connectivity index (χ4n) is 1.50. The monoisotopic (exact) mass is 313 g/mol. The van der Waals surface area contributed by atoms with Gasteiger partial charge in [0.1, 0.15) is 12.2 Å². The molecular weight excluding hydrogens is 294 g/mol. The highest BCUT2D eigenvalue weighted by Crippen LogP contribution is 2.27. The molecule has 1 rings (SSSR count). The summed E-state index contributed by atoms with van der Waals surface area (Å²) < 4.78 is 4.95. The van der Waals surface area contributed by atoms with Crippen molar-refractivity contribution in [1.29, 1.82) is 0 Å². The molecule has 0 aliphatic heterocycles. The number of hydrogen-bond acceptors (Lipinski definition) is 5. The summed E-state index contributed by atoms with van der Waals surface area (Å²) in [5, 5.41) is 20.9. The zero-order valence-electron chi connectivity index (χ0n) is 11.8. The number of carbonyl (C=O) groups is 2. The molecule has 7 heteroatoms. The van der Waals surface area contributed by atoms with Crippen LogP contribution in [0.25, 0.3) is 0 Å². The molecule has 0 fully saturated rings. The minimum Gasteiger partial charge on any atom is -0.505 e. The van der Waals surface area contributed by atoms with E-state index in [2.05, 4.69) is 12.2 Å². The maximum atomic E-state index is 11.5. The summed E-state index contributed by atoms with van der Waals surface area (Å²) in [7, 11) is 0. The van der Waals surface area contributed by atoms with E-state index < -0.39 is 17.8 Å². The van der Waals surface area contributed by atoms with Crippen molar-refractivity contribution < 1.29 is 24.5 Å². The van der Waals surface area contributed by atoms with Gasteiger partial charge in [-0.25, -0.2) is 9.59 Å². The third-order valence-corrected chi connectivity index (χ3v) is 3.64. The average molecular weight is 313 g/mol. The molecule has 0 aliphatic carbocycles. The second-order valence-electron chi connectivity index (χ2n) is 4.23. The quantitative estimate of drug-likeness (QED) is 0.504. The van der Waals surface area contributed by atoms with Gasteiger partial charge in [-0.2, -0.15) is 11.8 Å². The van der Waals surface area contributed by atoms with Crippen molar-refractivity contribution in [2.45, 2.75) is 19.8 Å². The van der Waals surface area contributed by atoms with Gasteiger partial charge in [0, 0.05) is 5.75 Å². The summed E-state index contributed by atoms with van der Waals surface area (Å²) in [6, 6.07) is 4.08. The first-order valence-electron chi connectivity index (χ1n) is 6.63. The summed E-state index contributed by atoms with van der Waals surface area (Å²) >= 11 is 1.70. The Morgan fingerprint density at radius 2 is 2.10 bits per heavy atom. The van der Waals surface area contributed by atoms with Gasteiger partial charge < -0.3 is 14.9 Å². The molecule has 0 aliphatic rings. The van der Waals surface area contributed by atoms with E-state index >= 15 is 0 Å². The van der Waals surface area contributed by atoms with E-state index in [1.165, 1.54) is 18.2 Å². The van der Waals surface area contributed by atoms with Crippen molar-refractivity contribution in [3.8, 4) is 5.75 Å². The Hall–Kier alpha value is -1.89. The van der Waals surface area contributed by atoms with E-state index in [1.54, 1.807) is 11.8 Å². The van der Waals surface area contributed by atoms with Crippen LogP contribution in [0.1, 0.15) is 30.1 Å². The Kier molecular flexibility index (Phi) is 7.45. The van der Waals surface area contributed by atoms with Crippen molar-refractivity contribution in [2.75, 3.05) is 23.4 Å². The number of anilines is 1. The number of benzene rings is 1. The van der Waals surface area contributed by atoms with E-state index in [-0.39, 0.29) is 17.9 Å². The number of thioether (sulfide) groups is 1. The van der Waals surface area contributed by atoms with E-state index in [0.29, 0.717) is 5.75 Å². The molecule has 1 aromatic carbocycles. The number of aromatic carboxylic acids is 1. The Morgan fingerprint density at radius 3 is 2.76 bits per heavy atom. The molecule has 0 radical (unpaired) electrons. The van der Waals surface area contributed by atoms with Gasteiger partial charge >= 0.3 is 12.1 Å². The van der Waals surface area contributed by atoms with Crippen molar-refractivity contribution in [2.24, 2.45) is 0 Å². The number of carbonyl (C=O) groups excluding carboxylic acids is 1. The van der Waals surface area contributed by atoms with Crippen LogP contribution < -0.4 is 5.32 Å². The summed E-state index contributed by atoms with van der Waals surface area (Å²) in [5.41, 5.74) is -0.263. The third-order valence-electron chi connectivity index (χ3n) is 2.61. The third kappa shape index (κ3) is 5.95. The minimum absolute atomic E-state index is 0.0125. The van der Waals surface area contributed by atoms with Crippen LogP contribution in [0.15, 0.2) is 18.2 Å². The predicted octanol–water partition coefficient (Wildman–Crippen LogP) is 3.17. The summed E-state index contributed by atoms with van der Waals surface area (Å²) in [6.45, 7) is 2.38. The Bertz CT molecular complexity index is 492. The number of ether oxygens (including phenoxy) is 1. The average Bonchev–Trinajstić information content (AvgIpc) is 2.44. The zero-order chi connectivity index (χ0) is 15.7. The number of aromatic hydroxyl groups is 1. The molecule has 0 heterocycles. The summed E-state index contributed by atoms with van der Waals surface area (Å²) in [4.78, 5) is 22.4. The van der Waals surface area contributed by atoms with Crippen LogP contribution in [0, 0.1) is 0 Å². The zero-order valence-corrected chi connectivity index (χ0v) is 12.6. The summed E-state index contributed by atoms with van der Waals surface area (Å²) in [5.74, 6) is -0.0200. The van der Waals surface area contributed by atoms with Crippen molar-refractivity contribution >= 4 is 29.5 Å². The Labute approximate surface area is 127 Å². The number of amides is 1. The number of carboxylic acid groups (broad SMARTS) is 1. The molecule has 21 heavy (non-hydrogen) atoms. The first-order chi connectivity index (χ1) is 10.1. The SMILES string of the molecule is CCCCSCCOC(=O)Nc1cccc(C(=O)O)c1O. The van der Waals surface area contributed by atoms with Crippen LogP contribution in [0.2, 0.25) is 0 Å². The molecule has 3 N–H and O–H groups in total. The number of rotatable bonds is 8. The van der Waals surface area contributed by atoms with Gasteiger partial charge in [0.15, 0.2) is 5.75 Å². The maximum absolute atomic E-state index is 11.5. The highest BCUT2D eigenvalue weighted by Gasteiger charge is 2.14. The van der Waals surface area contributed by atoms with Crippen molar-refractivity contribution in [3.63, 3.8) is 0 Å². The highest BCUT2D eigenvalue weighted by atomic mass is 32.2. The number of carboxylic acids is 1. The van der Waals surface area contributed by atoms with Gasteiger partial charge in [0.2, 0.25) is 0 Å². The molecule has 0 atom stereocenters. The van der Waals surface area contributed by atoms with Crippen LogP contribution in [0.3, 0.4) is 0 Å². The van der Waals surface area contributed by atoms with Crippen molar-refractivity contribution in [3.05, 3.63) is 23.8 Å². The minimum atomic E-state index is -1.27. The fraction of sp³-hybridized carbons (Fsp3) is 0.429. The van der Waals surface area contributed by atoms with E-state index in [9.17, 15) is 14.7 Å². The predicted molar refractivity (Wildman–Crippen MR) is 82.3 cm³/mol. The number of phenols is 1. The molecule has 0 saturated heterocycles. The standard InChI is InChI=1S/C14H19NO5S/c1-2-3-8-21-9-7-20-14(19)15-11-6-4-5-10(12(11)16)13(17)18/h4-6,16H,2-3,7-9H2,1H3,(H,15,19)(H,17,18). The van der Waals surface area contributed by atoms with Crippen LogP contribution in [-0.4, -0.2) is 40.4 Å². The first kappa shape index (κ1) is 17.2. The molecule has 0 bridgehead atoms. The van der Waals surface area contributed by atoms with Gasteiger partial charge in [-0.3, -0.25) is 5.32 Å². The normalized spacial score (nSPS) is 10.1. The van der Waals surface area contributed by atoms with Crippen LogP contribution in [0.4, 0.5) is 10.5 Å². The van der Waals surface area contributed by atoms with Crippen LogP contribution in [0.5, 0.6) is 5.75 Å². The Balaban J connectivity index is 2.41.